The van der Waals surface area contributed by atoms with E-state index in [1.54, 1.807) is 31.2 Å². The first-order valence-electron chi connectivity index (χ1n) is 11.7. The highest BCUT2D eigenvalue weighted by atomic mass is 35.5. The van der Waals surface area contributed by atoms with Crippen LogP contribution in [0.2, 0.25) is 5.02 Å². The SMILES string of the molecule is CCOC(=O)c1ncoc1-c1ccccc1C(=O)NCCN1CCN(c2cc(Cl)ccc2C)CC1. The van der Waals surface area contributed by atoms with Gasteiger partial charge in [-0.2, -0.15) is 0 Å². The van der Waals surface area contributed by atoms with E-state index in [0.717, 1.165) is 37.7 Å². The molecule has 0 radical (unpaired) electrons. The summed E-state index contributed by atoms with van der Waals surface area (Å²) in [5, 5.41) is 3.74. The van der Waals surface area contributed by atoms with Crippen molar-refractivity contribution >= 4 is 29.2 Å². The maximum absolute atomic E-state index is 13.0. The van der Waals surface area contributed by atoms with Crippen LogP contribution >= 0.6 is 11.6 Å². The summed E-state index contributed by atoms with van der Waals surface area (Å²) in [5.74, 6) is -0.597. The van der Waals surface area contributed by atoms with E-state index in [2.05, 4.69) is 27.0 Å². The summed E-state index contributed by atoms with van der Waals surface area (Å²) >= 11 is 6.19. The van der Waals surface area contributed by atoms with Crippen LogP contribution in [0.1, 0.15) is 33.3 Å². The van der Waals surface area contributed by atoms with Gasteiger partial charge in [0.2, 0.25) is 0 Å². The maximum atomic E-state index is 13.0. The molecule has 1 fully saturated rings. The van der Waals surface area contributed by atoms with Crippen LogP contribution in [0.5, 0.6) is 0 Å². The van der Waals surface area contributed by atoms with Gasteiger partial charge in [0.25, 0.3) is 5.91 Å². The number of carbonyl (C=O) groups excluding carboxylic acids is 2. The third-order valence-corrected chi connectivity index (χ3v) is 6.29. The second kappa shape index (κ2) is 11.4. The van der Waals surface area contributed by atoms with Gasteiger partial charge in [-0.25, -0.2) is 9.78 Å². The van der Waals surface area contributed by atoms with Crippen molar-refractivity contribution in [2.45, 2.75) is 13.8 Å². The summed E-state index contributed by atoms with van der Waals surface area (Å²) in [6, 6.07) is 13.0. The monoisotopic (exact) mass is 496 g/mol. The van der Waals surface area contributed by atoms with Gasteiger partial charge in [-0.1, -0.05) is 35.9 Å². The number of aromatic nitrogens is 1. The number of halogens is 1. The lowest BCUT2D eigenvalue weighted by molar-refractivity contribution is 0.0520. The van der Waals surface area contributed by atoms with Gasteiger partial charge in [0.05, 0.1) is 12.2 Å². The van der Waals surface area contributed by atoms with E-state index in [4.69, 9.17) is 20.8 Å². The van der Waals surface area contributed by atoms with Gasteiger partial charge >= 0.3 is 5.97 Å². The molecule has 0 aliphatic carbocycles. The Balaban J connectivity index is 1.33. The van der Waals surface area contributed by atoms with Crippen molar-refractivity contribution in [3.05, 3.63) is 70.7 Å². The van der Waals surface area contributed by atoms with Crippen molar-refractivity contribution in [2.75, 3.05) is 50.8 Å². The van der Waals surface area contributed by atoms with Crippen LogP contribution in [0.25, 0.3) is 11.3 Å². The molecule has 2 aromatic carbocycles. The molecule has 1 aromatic heterocycles. The number of nitrogens with zero attached hydrogens (tertiary/aromatic N) is 3. The molecule has 35 heavy (non-hydrogen) atoms. The lowest BCUT2D eigenvalue weighted by atomic mass is 10.0. The molecule has 1 aliphatic heterocycles. The van der Waals surface area contributed by atoms with Gasteiger partial charge in [0, 0.05) is 55.5 Å². The van der Waals surface area contributed by atoms with Crippen LogP contribution in [0.4, 0.5) is 5.69 Å². The molecule has 184 valence electrons. The molecule has 1 N–H and O–H groups in total. The Bertz CT molecular complexity index is 1190. The van der Waals surface area contributed by atoms with E-state index in [0.29, 0.717) is 17.7 Å². The normalized spacial score (nSPS) is 14.1. The topological polar surface area (TPSA) is 87.9 Å². The summed E-state index contributed by atoms with van der Waals surface area (Å²) in [5.41, 5.74) is 3.36. The van der Waals surface area contributed by atoms with Gasteiger partial charge in [0.1, 0.15) is 0 Å². The third kappa shape index (κ3) is 5.83. The van der Waals surface area contributed by atoms with E-state index in [-0.39, 0.29) is 24.0 Å². The van der Waals surface area contributed by atoms with Crippen LogP contribution in [-0.4, -0.2) is 67.6 Å². The average molecular weight is 497 g/mol. The van der Waals surface area contributed by atoms with Gasteiger partial charge in [0.15, 0.2) is 17.8 Å². The fourth-order valence-electron chi connectivity index (χ4n) is 4.22. The number of hydrogen-bond donors (Lipinski definition) is 1. The minimum atomic E-state index is -0.585. The predicted molar refractivity (Wildman–Crippen MR) is 135 cm³/mol. The number of carbonyl (C=O) groups is 2. The van der Waals surface area contributed by atoms with Crippen LogP contribution in [0, 0.1) is 6.92 Å². The third-order valence-electron chi connectivity index (χ3n) is 6.05. The van der Waals surface area contributed by atoms with E-state index in [9.17, 15) is 9.59 Å². The number of esters is 1. The Hall–Kier alpha value is -3.36. The smallest absolute Gasteiger partial charge is 0.360 e. The number of amides is 1. The van der Waals surface area contributed by atoms with Crippen molar-refractivity contribution < 1.29 is 18.7 Å². The van der Waals surface area contributed by atoms with Gasteiger partial charge in [-0.05, 0) is 37.6 Å². The first-order valence-corrected chi connectivity index (χ1v) is 12.1. The molecule has 0 spiro atoms. The second-order valence-electron chi connectivity index (χ2n) is 8.31. The molecular weight excluding hydrogens is 468 g/mol. The van der Waals surface area contributed by atoms with E-state index < -0.39 is 5.97 Å². The van der Waals surface area contributed by atoms with Crippen molar-refractivity contribution in [1.82, 2.24) is 15.2 Å². The average Bonchev–Trinajstić information content (AvgIpc) is 3.36. The molecule has 0 bridgehead atoms. The molecule has 0 saturated carbocycles. The zero-order valence-electron chi connectivity index (χ0n) is 19.9. The maximum Gasteiger partial charge on any atom is 0.360 e. The fourth-order valence-corrected chi connectivity index (χ4v) is 4.39. The highest BCUT2D eigenvalue weighted by molar-refractivity contribution is 6.30. The number of aryl methyl sites for hydroxylation is 1. The molecule has 4 rings (SSSR count). The predicted octanol–water partition coefficient (Wildman–Crippen LogP) is 4.03. The highest BCUT2D eigenvalue weighted by Crippen LogP contribution is 2.28. The van der Waals surface area contributed by atoms with Crippen molar-refractivity contribution in [2.24, 2.45) is 0 Å². The Kier molecular flexibility index (Phi) is 8.05. The quantitative estimate of drug-likeness (QED) is 0.471. The molecular formula is C26H29ClN4O4. The number of piperazine rings is 1. The molecule has 9 heteroatoms. The summed E-state index contributed by atoms with van der Waals surface area (Å²) in [6.45, 7) is 8.90. The standard InChI is InChI=1S/C26H29ClN4O4/c1-3-34-26(33)23-24(35-17-29-23)20-6-4-5-7-21(20)25(32)28-10-11-30-12-14-31(15-13-30)22-16-19(27)9-8-18(22)2/h4-9,16-17H,3,10-15H2,1-2H3,(H,28,32). The summed E-state index contributed by atoms with van der Waals surface area (Å²) < 4.78 is 10.5. The molecule has 3 aromatic rings. The van der Waals surface area contributed by atoms with Crippen LogP contribution < -0.4 is 10.2 Å². The second-order valence-corrected chi connectivity index (χ2v) is 8.75. The number of ether oxygens (including phenoxy) is 1. The highest BCUT2D eigenvalue weighted by Gasteiger charge is 2.24. The first kappa shape index (κ1) is 24.8. The lowest BCUT2D eigenvalue weighted by Crippen LogP contribution is -2.48. The molecule has 2 heterocycles. The summed E-state index contributed by atoms with van der Waals surface area (Å²) in [6.07, 6.45) is 1.18. The van der Waals surface area contributed by atoms with Gasteiger partial charge in [-0.15, -0.1) is 0 Å². The molecule has 0 atom stereocenters. The summed E-state index contributed by atoms with van der Waals surface area (Å²) in [4.78, 5) is 33.9. The number of rotatable bonds is 8. The van der Waals surface area contributed by atoms with E-state index in [1.807, 2.05) is 18.2 Å². The number of oxazole rings is 1. The van der Waals surface area contributed by atoms with E-state index in [1.165, 1.54) is 17.6 Å². The van der Waals surface area contributed by atoms with Crippen LogP contribution in [0.15, 0.2) is 53.3 Å². The Labute approximate surface area is 209 Å². The Morgan fingerprint density at radius 2 is 1.91 bits per heavy atom. The van der Waals surface area contributed by atoms with Crippen LogP contribution in [0.3, 0.4) is 0 Å². The minimum Gasteiger partial charge on any atom is -0.461 e. The fraction of sp³-hybridized carbons (Fsp3) is 0.346. The molecule has 1 saturated heterocycles. The Morgan fingerprint density at radius 3 is 2.69 bits per heavy atom. The molecule has 0 unspecified atom stereocenters. The Morgan fingerprint density at radius 1 is 1.14 bits per heavy atom. The zero-order valence-corrected chi connectivity index (χ0v) is 20.7. The molecule has 1 amide bonds. The number of anilines is 1. The number of nitrogens with one attached hydrogen (secondary N) is 1. The van der Waals surface area contributed by atoms with Crippen molar-refractivity contribution in [3.8, 4) is 11.3 Å². The molecule has 8 nitrogen and oxygen atoms in total. The minimum absolute atomic E-state index is 0.0555. The number of benzene rings is 2. The summed E-state index contributed by atoms with van der Waals surface area (Å²) in [7, 11) is 0. The van der Waals surface area contributed by atoms with Crippen molar-refractivity contribution in [3.63, 3.8) is 0 Å². The van der Waals surface area contributed by atoms with Crippen LogP contribution in [-0.2, 0) is 4.74 Å². The van der Waals surface area contributed by atoms with E-state index >= 15 is 0 Å². The largest absolute Gasteiger partial charge is 0.461 e. The van der Waals surface area contributed by atoms with Gasteiger partial charge in [-0.3, -0.25) is 9.69 Å². The zero-order chi connectivity index (χ0) is 24.8. The number of hydrogen-bond acceptors (Lipinski definition) is 7. The van der Waals surface area contributed by atoms with Crippen molar-refractivity contribution in [1.29, 1.82) is 0 Å². The molecule has 1 aliphatic rings. The van der Waals surface area contributed by atoms with Gasteiger partial charge < -0.3 is 19.4 Å². The lowest BCUT2D eigenvalue weighted by Gasteiger charge is -2.36. The first-order chi connectivity index (χ1) is 17.0.